The quantitative estimate of drug-likeness (QED) is 0.826. The number of carbonyl (C=O) groups excluding carboxylic acids is 1. The summed E-state index contributed by atoms with van der Waals surface area (Å²) < 4.78 is 17.0. The zero-order chi connectivity index (χ0) is 13.3. The van der Waals surface area contributed by atoms with Crippen LogP contribution in [0.25, 0.3) is 0 Å². The van der Waals surface area contributed by atoms with Gasteiger partial charge in [-0.2, -0.15) is 0 Å². The number of hydrogen-bond donors (Lipinski definition) is 1. The molecule has 0 amide bonds. The van der Waals surface area contributed by atoms with Crippen LogP contribution in [-0.2, 0) is 9.53 Å². The Bertz CT molecular complexity index is 322. The summed E-state index contributed by atoms with van der Waals surface area (Å²) in [4.78, 5) is 10.8. The number of methoxy groups -OCH3 is 1. The van der Waals surface area contributed by atoms with Gasteiger partial charge in [-0.05, 0) is 24.1 Å². The molecule has 0 fully saturated rings. The lowest BCUT2D eigenvalue weighted by molar-refractivity contribution is -0.141. The highest BCUT2D eigenvalue weighted by molar-refractivity contribution is 5.69. The topological polar surface area (TPSA) is 46.5 Å². The Kier molecular flexibility index (Phi) is 7.97. The molecule has 1 atom stereocenters. The maximum absolute atomic E-state index is 12.6. The minimum atomic E-state index is -0.760. The molecule has 1 aromatic rings. The third kappa shape index (κ3) is 6.02. The van der Waals surface area contributed by atoms with Gasteiger partial charge in [0.15, 0.2) is 0 Å². The molecule has 0 aliphatic rings. The van der Waals surface area contributed by atoms with Crippen molar-refractivity contribution in [2.24, 2.45) is 0 Å². The van der Waals surface area contributed by atoms with Crippen molar-refractivity contribution in [3.8, 4) is 0 Å². The van der Waals surface area contributed by atoms with E-state index in [-0.39, 0.29) is 24.6 Å². The second-order valence-electron chi connectivity index (χ2n) is 3.18. The summed E-state index contributed by atoms with van der Waals surface area (Å²) in [6, 6.07) is 5.54. The molecule has 3 nitrogen and oxygen atoms in total. The Labute approximate surface area is 101 Å². The predicted octanol–water partition coefficient (Wildman–Crippen LogP) is 2.84. The third-order valence-corrected chi connectivity index (χ3v) is 2.10. The van der Waals surface area contributed by atoms with Crippen molar-refractivity contribution >= 4 is 5.97 Å². The van der Waals surface area contributed by atoms with Gasteiger partial charge in [-0.15, -0.1) is 0 Å². The maximum atomic E-state index is 12.6. The zero-order valence-electron chi connectivity index (χ0n) is 10.4. The number of carbonyl (C=O) groups is 1. The number of esters is 1. The first-order valence-electron chi connectivity index (χ1n) is 5.64. The average molecular weight is 242 g/mol. The van der Waals surface area contributed by atoms with Crippen molar-refractivity contribution in [2.45, 2.75) is 32.8 Å². The average Bonchev–Trinajstić information content (AvgIpc) is 2.38. The van der Waals surface area contributed by atoms with E-state index >= 15 is 0 Å². The summed E-state index contributed by atoms with van der Waals surface area (Å²) in [5.41, 5.74) is 0.598. The van der Waals surface area contributed by atoms with Gasteiger partial charge < -0.3 is 9.84 Å². The van der Waals surface area contributed by atoms with E-state index < -0.39 is 6.10 Å². The van der Waals surface area contributed by atoms with Gasteiger partial charge in [0.1, 0.15) is 5.82 Å². The molecule has 0 bridgehead atoms. The molecule has 0 radical (unpaired) electrons. The number of ether oxygens (including phenoxy) is 1. The van der Waals surface area contributed by atoms with Crippen molar-refractivity contribution in [2.75, 3.05) is 7.11 Å². The Morgan fingerprint density at radius 1 is 1.35 bits per heavy atom. The SMILES string of the molecule is CC.COC(=O)CCC(O)c1ccc(F)cc1. The lowest BCUT2D eigenvalue weighted by Crippen LogP contribution is -2.04. The molecule has 1 unspecified atom stereocenters. The molecule has 0 saturated carbocycles. The number of aliphatic hydroxyl groups excluding tert-OH is 1. The molecule has 0 aromatic heterocycles. The molecule has 1 aromatic carbocycles. The molecular weight excluding hydrogens is 223 g/mol. The number of rotatable bonds is 4. The van der Waals surface area contributed by atoms with Gasteiger partial charge >= 0.3 is 5.97 Å². The molecule has 0 spiro atoms. The summed E-state index contributed by atoms with van der Waals surface area (Å²) in [7, 11) is 1.30. The minimum absolute atomic E-state index is 0.148. The van der Waals surface area contributed by atoms with E-state index in [0.717, 1.165) is 0 Å². The fraction of sp³-hybridized carbons (Fsp3) is 0.462. The molecule has 0 saturated heterocycles. The summed E-state index contributed by atoms with van der Waals surface area (Å²) in [6.45, 7) is 4.00. The molecule has 96 valence electrons. The van der Waals surface area contributed by atoms with E-state index in [4.69, 9.17) is 0 Å². The van der Waals surface area contributed by atoms with Crippen LogP contribution in [0.2, 0.25) is 0 Å². The number of halogens is 1. The van der Waals surface area contributed by atoms with Gasteiger partial charge in [-0.3, -0.25) is 4.79 Å². The monoisotopic (exact) mass is 242 g/mol. The second-order valence-corrected chi connectivity index (χ2v) is 3.18. The van der Waals surface area contributed by atoms with E-state index in [2.05, 4.69) is 4.74 Å². The van der Waals surface area contributed by atoms with Crippen molar-refractivity contribution in [3.05, 3.63) is 35.6 Å². The van der Waals surface area contributed by atoms with Gasteiger partial charge in [0.05, 0.1) is 13.2 Å². The van der Waals surface area contributed by atoms with Crippen LogP contribution in [0.3, 0.4) is 0 Å². The van der Waals surface area contributed by atoms with Crippen molar-refractivity contribution in [1.29, 1.82) is 0 Å². The Morgan fingerprint density at radius 2 is 1.88 bits per heavy atom. The highest BCUT2D eigenvalue weighted by atomic mass is 19.1. The van der Waals surface area contributed by atoms with E-state index in [1.807, 2.05) is 13.8 Å². The third-order valence-electron chi connectivity index (χ3n) is 2.10. The second kappa shape index (κ2) is 8.70. The summed E-state index contributed by atoms with van der Waals surface area (Å²) in [5, 5.41) is 9.63. The van der Waals surface area contributed by atoms with Crippen LogP contribution < -0.4 is 0 Å². The summed E-state index contributed by atoms with van der Waals surface area (Å²) >= 11 is 0. The first kappa shape index (κ1) is 15.6. The minimum Gasteiger partial charge on any atom is -0.469 e. The highest BCUT2D eigenvalue weighted by Crippen LogP contribution is 2.18. The van der Waals surface area contributed by atoms with Gasteiger partial charge in [0.2, 0.25) is 0 Å². The van der Waals surface area contributed by atoms with Crippen LogP contribution in [0.5, 0.6) is 0 Å². The predicted molar refractivity (Wildman–Crippen MR) is 64.0 cm³/mol. The number of hydrogen-bond acceptors (Lipinski definition) is 3. The number of aliphatic hydroxyl groups is 1. The molecule has 0 aliphatic carbocycles. The Morgan fingerprint density at radius 3 is 2.35 bits per heavy atom. The smallest absolute Gasteiger partial charge is 0.305 e. The zero-order valence-corrected chi connectivity index (χ0v) is 10.4. The van der Waals surface area contributed by atoms with Crippen molar-refractivity contribution < 1.29 is 19.0 Å². The van der Waals surface area contributed by atoms with Crippen LogP contribution in [0.4, 0.5) is 4.39 Å². The molecule has 1 rings (SSSR count). The maximum Gasteiger partial charge on any atom is 0.305 e. The standard InChI is InChI=1S/C11H13FO3.C2H6/c1-15-11(14)7-6-10(13)8-2-4-9(12)5-3-8;1-2/h2-5,10,13H,6-7H2,1H3;1-2H3. The van der Waals surface area contributed by atoms with E-state index in [0.29, 0.717) is 5.56 Å². The summed E-state index contributed by atoms with van der Waals surface area (Å²) in [5.74, 6) is -0.713. The van der Waals surface area contributed by atoms with Crippen LogP contribution in [-0.4, -0.2) is 18.2 Å². The first-order valence-corrected chi connectivity index (χ1v) is 5.64. The molecule has 0 aliphatic heterocycles. The normalized spacial score (nSPS) is 11.1. The fourth-order valence-corrected chi connectivity index (χ4v) is 1.21. The lowest BCUT2D eigenvalue weighted by atomic mass is 10.1. The molecule has 17 heavy (non-hydrogen) atoms. The van der Waals surface area contributed by atoms with E-state index in [9.17, 15) is 14.3 Å². The van der Waals surface area contributed by atoms with Crippen LogP contribution in [0.1, 0.15) is 38.4 Å². The van der Waals surface area contributed by atoms with E-state index in [1.165, 1.54) is 31.4 Å². The Balaban J connectivity index is 0.00000121. The molecule has 4 heteroatoms. The van der Waals surface area contributed by atoms with Crippen LogP contribution in [0, 0.1) is 5.82 Å². The molecular formula is C13H19FO3. The molecule has 1 N–H and O–H groups in total. The van der Waals surface area contributed by atoms with Gasteiger partial charge in [0, 0.05) is 6.42 Å². The number of benzene rings is 1. The van der Waals surface area contributed by atoms with E-state index in [1.54, 1.807) is 0 Å². The van der Waals surface area contributed by atoms with Gasteiger partial charge in [-0.1, -0.05) is 26.0 Å². The van der Waals surface area contributed by atoms with Crippen molar-refractivity contribution in [3.63, 3.8) is 0 Å². The fourth-order valence-electron chi connectivity index (χ4n) is 1.21. The van der Waals surface area contributed by atoms with Crippen LogP contribution >= 0.6 is 0 Å². The lowest BCUT2D eigenvalue weighted by Gasteiger charge is -2.09. The highest BCUT2D eigenvalue weighted by Gasteiger charge is 2.10. The largest absolute Gasteiger partial charge is 0.469 e. The Hall–Kier alpha value is -1.42. The summed E-state index contributed by atoms with van der Waals surface area (Å²) in [6.07, 6.45) is -0.336. The first-order chi connectivity index (χ1) is 8.13. The van der Waals surface area contributed by atoms with Gasteiger partial charge in [0.25, 0.3) is 0 Å². The van der Waals surface area contributed by atoms with Crippen molar-refractivity contribution in [1.82, 2.24) is 0 Å². The van der Waals surface area contributed by atoms with Gasteiger partial charge in [-0.25, -0.2) is 4.39 Å². The van der Waals surface area contributed by atoms with Crippen LogP contribution in [0.15, 0.2) is 24.3 Å². The molecule has 0 heterocycles.